The number of aliphatic hydroxyl groups is 1. The Balaban J connectivity index is 2.44. The van der Waals surface area contributed by atoms with Gasteiger partial charge in [-0.05, 0) is 29.9 Å². The third-order valence-electron chi connectivity index (χ3n) is 2.84. The third kappa shape index (κ3) is 6.71. The van der Waals surface area contributed by atoms with Crippen LogP contribution < -0.4 is 4.72 Å². The van der Waals surface area contributed by atoms with Gasteiger partial charge in [0.05, 0.1) is 12.4 Å². The van der Waals surface area contributed by atoms with Crippen LogP contribution in [0.15, 0.2) is 24.3 Å². The molecule has 0 bridgehead atoms. The summed E-state index contributed by atoms with van der Waals surface area (Å²) in [6.07, 6.45) is 1.88. The summed E-state index contributed by atoms with van der Waals surface area (Å²) in [5, 5.41) is 8.92. The van der Waals surface area contributed by atoms with Crippen LogP contribution in [0, 0.1) is 5.92 Å². The maximum Gasteiger partial charge on any atom is 0.215 e. The van der Waals surface area contributed by atoms with Crippen LogP contribution in [-0.4, -0.2) is 20.1 Å². The Morgan fingerprint density at radius 2 is 1.74 bits per heavy atom. The SMILES string of the molecule is CC(C)CCCNS(=O)(=O)Cc1ccc(CO)cc1. The Bertz CT molecular complexity index is 466. The van der Waals surface area contributed by atoms with Gasteiger partial charge in [-0.2, -0.15) is 0 Å². The molecule has 0 radical (unpaired) electrons. The van der Waals surface area contributed by atoms with Gasteiger partial charge in [-0.25, -0.2) is 13.1 Å². The van der Waals surface area contributed by atoms with Crippen molar-refractivity contribution in [2.24, 2.45) is 5.92 Å². The first-order valence-electron chi connectivity index (χ1n) is 6.59. The molecule has 0 aromatic heterocycles. The molecule has 0 aliphatic rings. The van der Waals surface area contributed by atoms with Crippen molar-refractivity contribution >= 4 is 10.0 Å². The molecule has 0 heterocycles. The summed E-state index contributed by atoms with van der Waals surface area (Å²) < 4.78 is 26.3. The topological polar surface area (TPSA) is 66.4 Å². The van der Waals surface area contributed by atoms with Crippen LogP contribution in [0.1, 0.15) is 37.8 Å². The number of hydrogen-bond acceptors (Lipinski definition) is 3. The quantitative estimate of drug-likeness (QED) is 0.718. The zero-order valence-electron chi connectivity index (χ0n) is 11.6. The minimum absolute atomic E-state index is 0.0135. The van der Waals surface area contributed by atoms with Gasteiger partial charge in [0.2, 0.25) is 10.0 Å². The van der Waals surface area contributed by atoms with Crippen LogP contribution in [-0.2, 0) is 22.4 Å². The van der Waals surface area contributed by atoms with E-state index in [0.29, 0.717) is 12.5 Å². The van der Waals surface area contributed by atoms with Crippen molar-refractivity contribution in [1.29, 1.82) is 0 Å². The van der Waals surface area contributed by atoms with E-state index in [1.807, 2.05) is 0 Å². The van der Waals surface area contributed by atoms with Crippen molar-refractivity contribution in [2.75, 3.05) is 6.54 Å². The van der Waals surface area contributed by atoms with Gasteiger partial charge in [0, 0.05) is 6.54 Å². The first kappa shape index (κ1) is 16.1. The highest BCUT2D eigenvalue weighted by atomic mass is 32.2. The predicted molar refractivity (Wildman–Crippen MR) is 77.1 cm³/mol. The lowest BCUT2D eigenvalue weighted by Crippen LogP contribution is -2.26. The van der Waals surface area contributed by atoms with Crippen molar-refractivity contribution in [1.82, 2.24) is 4.72 Å². The van der Waals surface area contributed by atoms with Crippen molar-refractivity contribution in [2.45, 2.75) is 39.0 Å². The second-order valence-corrected chi connectivity index (χ2v) is 6.97. The summed E-state index contributed by atoms with van der Waals surface area (Å²) in [5.41, 5.74) is 1.51. The lowest BCUT2D eigenvalue weighted by atomic mass is 10.1. The molecule has 1 aromatic carbocycles. The standard InChI is InChI=1S/C14H23NO3S/c1-12(2)4-3-9-15-19(17,18)11-14-7-5-13(10-16)6-8-14/h5-8,12,15-16H,3-4,9-11H2,1-2H3. The molecule has 108 valence electrons. The number of benzene rings is 1. The molecule has 0 aliphatic heterocycles. The highest BCUT2D eigenvalue weighted by Crippen LogP contribution is 2.08. The lowest BCUT2D eigenvalue weighted by Gasteiger charge is -2.08. The molecule has 4 nitrogen and oxygen atoms in total. The molecule has 0 aliphatic carbocycles. The van der Waals surface area contributed by atoms with Crippen molar-refractivity contribution in [3.05, 3.63) is 35.4 Å². The monoisotopic (exact) mass is 285 g/mol. The highest BCUT2D eigenvalue weighted by Gasteiger charge is 2.10. The van der Waals surface area contributed by atoms with Crippen molar-refractivity contribution in [3.63, 3.8) is 0 Å². The van der Waals surface area contributed by atoms with Crippen LogP contribution in [0.25, 0.3) is 0 Å². The van der Waals surface area contributed by atoms with Gasteiger partial charge in [0.1, 0.15) is 0 Å². The lowest BCUT2D eigenvalue weighted by molar-refractivity contribution is 0.282. The molecule has 0 fully saturated rings. The molecular formula is C14H23NO3S. The maximum atomic E-state index is 11.8. The minimum Gasteiger partial charge on any atom is -0.392 e. The van der Waals surface area contributed by atoms with E-state index < -0.39 is 10.0 Å². The fourth-order valence-corrected chi connectivity index (χ4v) is 2.94. The summed E-state index contributed by atoms with van der Waals surface area (Å²) in [5.74, 6) is 0.580. The van der Waals surface area contributed by atoms with Crippen LogP contribution in [0.5, 0.6) is 0 Å². The van der Waals surface area contributed by atoms with E-state index in [2.05, 4.69) is 18.6 Å². The van der Waals surface area contributed by atoms with Crippen LogP contribution >= 0.6 is 0 Å². The molecular weight excluding hydrogens is 262 g/mol. The molecule has 0 saturated heterocycles. The molecule has 0 saturated carbocycles. The number of nitrogens with one attached hydrogen (secondary N) is 1. The van der Waals surface area contributed by atoms with Crippen molar-refractivity contribution in [3.8, 4) is 0 Å². The molecule has 0 atom stereocenters. The predicted octanol–water partition coefficient (Wildman–Crippen LogP) is 2.03. The Kier molecular flexibility index (Phi) is 6.48. The maximum absolute atomic E-state index is 11.8. The number of rotatable bonds is 8. The molecule has 0 unspecified atom stereocenters. The number of sulfonamides is 1. The smallest absolute Gasteiger partial charge is 0.215 e. The zero-order valence-corrected chi connectivity index (χ0v) is 12.4. The van der Waals surface area contributed by atoms with Gasteiger partial charge >= 0.3 is 0 Å². The Labute approximate surface area is 115 Å². The Morgan fingerprint density at radius 1 is 1.16 bits per heavy atom. The number of hydrogen-bond donors (Lipinski definition) is 2. The second-order valence-electron chi connectivity index (χ2n) is 5.16. The van der Waals surface area contributed by atoms with Crippen LogP contribution in [0.4, 0.5) is 0 Å². The van der Waals surface area contributed by atoms with E-state index >= 15 is 0 Å². The summed E-state index contributed by atoms with van der Waals surface area (Å²) in [4.78, 5) is 0. The summed E-state index contributed by atoms with van der Waals surface area (Å²) in [6, 6.07) is 6.95. The summed E-state index contributed by atoms with van der Waals surface area (Å²) in [6.45, 7) is 4.71. The van der Waals surface area contributed by atoms with Gasteiger partial charge in [-0.1, -0.05) is 38.1 Å². The third-order valence-corrected chi connectivity index (χ3v) is 4.20. The summed E-state index contributed by atoms with van der Waals surface area (Å²) in [7, 11) is -3.26. The van der Waals surface area contributed by atoms with E-state index in [1.54, 1.807) is 24.3 Å². The van der Waals surface area contributed by atoms with Gasteiger partial charge in [0.25, 0.3) is 0 Å². The second kappa shape index (κ2) is 7.62. The largest absolute Gasteiger partial charge is 0.392 e. The van der Waals surface area contributed by atoms with E-state index in [-0.39, 0.29) is 12.4 Å². The van der Waals surface area contributed by atoms with Gasteiger partial charge < -0.3 is 5.11 Å². The fraction of sp³-hybridized carbons (Fsp3) is 0.571. The average Bonchev–Trinajstić information content (AvgIpc) is 2.35. The fourth-order valence-electron chi connectivity index (χ4n) is 1.75. The zero-order chi connectivity index (χ0) is 14.3. The van der Waals surface area contributed by atoms with Gasteiger partial charge in [-0.3, -0.25) is 0 Å². The Hall–Kier alpha value is -0.910. The number of aliphatic hydroxyl groups excluding tert-OH is 1. The van der Waals surface area contributed by atoms with Crippen LogP contribution in [0.2, 0.25) is 0 Å². The van der Waals surface area contributed by atoms with Gasteiger partial charge in [0.15, 0.2) is 0 Å². The molecule has 2 N–H and O–H groups in total. The normalized spacial score (nSPS) is 12.0. The highest BCUT2D eigenvalue weighted by molar-refractivity contribution is 7.88. The molecule has 1 aromatic rings. The van der Waals surface area contributed by atoms with E-state index in [4.69, 9.17) is 5.11 Å². The molecule has 0 spiro atoms. The molecule has 19 heavy (non-hydrogen) atoms. The first-order chi connectivity index (χ1) is 8.93. The minimum atomic E-state index is -3.26. The van der Waals surface area contributed by atoms with E-state index in [9.17, 15) is 8.42 Å². The molecule has 1 rings (SSSR count). The van der Waals surface area contributed by atoms with Crippen molar-refractivity contribution < 1.29 is 13.5 Å². The Morgan fingerprint density at radius 3 is 2.26 bits per heavy atom. The first-order valence-corrected chi connectivity index (χ1v) is 8.24. The van der Waals surface area contributed by atoms with E-state index in [0.717, 1.165) is 24.0 Å². The summed E-state index contributed by atoms with van der Waals surface area (Å²) >= 11 is 0. The molecule has 0 amide bonds. The average molecular weight is 285 g/mol. The molecule has 5 heteroatoms. The van der Waals surface area contributed by atoms with Gasteiger partial charge in [-0.15, -0.1) is 0 Å². The van der Waals surface area contributed by atoms with E-state index in [1.165, 1.54) is 0 Å². The van der Waals surface area contributed by atoms with Crippen LogP contribution in [0.3, 0.4) is 0 Å².